The first kappa shape index (κ1) is 13.0. The lowest BCUT2D eigenvalue weighted by Gasteiger charge is -2.07. The highest BCUT2D eigenvalue weighted by atomic mass is 16.5. The van der Waals surface area contributed by atoms with Crippen LogP contribution in [0.3, 0.4) is 0 Å². The van der Waals surface area contributed by atoms with Gasteiger partial charge in [-0.25, -0.2) is 4.98 Å². The quantitative estimate of drug-likeness (QED) is 0.650. The molecule has 2 aromatic rings. The number of aryl methyl sites for hydroxylation is 2. The van der Waals surface area contributed by atoms with E-state index in [-0.39, 0.29) is 11.8 Å². The predicted molar refractivity (Wildman–Crippen MR) is 73.7 cm³/mol. The Morgan fingerprint density at radius 1 is 1.26 bits per heavy atom. The molecule has 1 heterocycles. The van der Waals surface area contributed by atoms with E-state index in [4.69, 9.17) is 15.9 Å². The van der Waals surface area contributed by atoms with Gasteiger partial charge in [0.25, 0.3) is 0 Å². The number of amidine groups is 1. The zero-order valence-electron chi connectivity index (χ0n) is 11.0. The second kappa shape index (κ2) is 5.48. The van der Waals surface area contributed by atoms with Crippen molar-refractivity contribution in [2.45, 2.75) is 20.3 Å². The molecule has 2 rings (SSSR count). The van der Waals surface area contributed by atoms with Gasteiger partial charge < -0.3 is 10.5 Å². The Bertz CT molecular complexity index is 593. The fraction of sp³-hybridized carbons (Fsp3) is 0.214. The molecule has 0 amide bonds. The smallest absolute Gasteiger partial charge is 0.322 e. The average molecular weight is 256 g/mol. The minimum atomic E-state index is -0.100. The van der Waals surface area contributed by atoms with Crippen molar-refractivity contribution in [3.8, 4) is 11.8 Å². The molecule has 0 atom stereocenters. The number of nitrogens with zero attached hydrogens (tertiary/aromatic N) is 2. The van der Waals surface area contributed by atoms with Crippen LogP contribution in [0.4, 0.5) is 0 Å². The van der Waals surface area contributed by atoms with Gasteiger partial charge in [0.05, 0.1) is 0 Å². The van der Waals surface area contributed by atoms with E-state index in [2.05, 4.69) is 16.9 Å². The van der Waals surface area contributed by atoms with E-state index in [0.717, 1.165) is 6.42 Å². The Kier molecular flexibility index (Phi) is 3.75. The first-order chi connectivity index (χ1) is 9.08. The fourth-order valence-corrected chi connectivity index (χ4v) is 1.62. The van der Waals surface area contributed by atoms with E-state index in [1.165, 1.54) is 5.56 Å². The van der Waals surface area contributed by atoms with Crippen LogP contribution in [0.1, 0.15) is 23.9 Å². The summed E-state index contributed by atoms with van der Waals surface area (Å²) in [5.41, 5.74) is 7.74. The molecule has 0 spiro atoms. The number of nitrogens with two attached hydrogens (primary N) is 1. The Balaban J connectivity index is 2.24. The SMILES string of the molecule is CCc1ccc(Oc2nc(C)cc(C(=N)N)n2)cc1. The fourth-order valence-electron chi connectivity index (χ4n) is 1.62. The molecule has 0 unspecified atom stereocenters. The van der Waals surface area contributed by atoms with Gasteiger partial charge in [-0.1, -0.05) is 19.1 Å². The number of benzene rings is 1. The van der Waals surface area contributed by atoms with Crippen molar-refractivity contribution in [1.82, 2.24) is 9.97 Å². The van der Waals surface area contributed by atoms with Crippen molar-refractivity contribution >= 4 is 5.84 Å². The molecule has 3 N–H and O–H groups in total. The maximum absolute atomic E-state index is 7.39. The molecular weight excluding hydrogens is 240 g/mol. The summed E-state index contributed by atoms with van der Waals surface area (Å²) in [5.74, 6) is 0.564. The summed E-state index contributed by atoms with van der Waals surface area (Å²) in [7, 11) is 0. The summed E-state index contributed by atoms with van der Waals surface area (Å²) in [5, 5.41) is 7.39. The Morgan fingerprint density at radius 3 is 2.53 bits per heavy atom. The molecule has 0 aliphatic heterocycles. The Morgan fingerprint density at radius 2 is 1.95 bits per heavy atom. The molecule has 19 heavy (non-hydrogen) atoms. The summed E-state index contributed by atoms with van der Waals surface area (Å²) >= 11 is 0. The highest BCUT2D eigenvalue weighted by Gasteiger charge is 2.06. The van der Waals surface area contributed by atoms with Crippen LogP contribution in [-0.4, -0.2) is 15.8 Å². The number of hydrogen-bond acceptors (Lipinski definition) is 4. The number of hydrogen-bond donors (Lipinski definition) is 2. The minimum Gasteiger partial charge on any atom is -0.424 e. The summed E-state index contributed by atoms with van der Waals surface area (Å²) in [4.78, 5) is 8.26. The molecule has 98 valence electrons. The summed E-state index contributed by atoms with van der Waals surface area (Å²) in [6, 6.07) is 9.59. The molecule has 0 aliphatic rings. The van der Waals surface area contributed by atoms with Crippen LogP contribution in [-0.2, 0) is 6.42 Å². The molecule has 0 radical (unpaired) electrons. The van der Waals surface area contributed by atoms with Crippen molar-refractivity contribution in [3.05, 3.63) is 47.3 Å². The molecule has 1 aromatic carbocycles. The van der Waals surface area contributed by atoms with Crippen molar-refractivity contribution in [2.75, 3.05) is 0 Å². The zero-order chi connectivity index (χ0) is 13.8. The third-order valence-electron chi connectivity index (χ3n) is 2.65. The highest BCUT2D eigenvalue weighted by Crippen LogP contribution is 2.19. The van der Waals surface area contributed by atoms with Crippen LogP contribution in [0, 0.1) is 12.3 Å². The van der Waals surface area contributed by atoms with Gasteiger partial charge in [0, 0.05) is 5.69 Å². The van der Waals surface area contributed by atoms with E-state index >= 15 is 0 Å². The first-order valence-electron chi connectivity index (χ1n) is 6.05. The number of nitrogen functional groups attached to an aromatic ring is 1. The van der Waals surface area contributed by atoms with Crippen molar-refractivity contribution < 1.29 is 4.74 Å². The topological polar surface area (TPSA) is 84.9 Å². The van der Waals surface area contributed by atoms with E-state index in [1.54, 1.807) is 13.0 Å². The standard InChI is InChI=1S/C14H16N4O/c1-3-10-4-6-11(7-5-10)19-14-17-9(2)8-12(18-14)13(15)16/h4-8H,3H2,1-2H3,(H3,15,16). The van der Waals surface area contributed by atoms with Crippen LogP contribution in [0.5, 0.6) is 11.8 Å². The lowest BCUT2D eigenvalue weighted by Crippen LogP contribution is -2.14. The third kappa shape index (κ3) is 3.28. The Hall–Kier alpha value is -2.43. The number of aromatic nitrogens is 2. The second-order valence-electron chi connectivity index (χ2n) is 4.19. The van der Waals surface area contributed by atoms with Gasteiger partial charge >= 0.3 is 6.01 Å². The molecule has 0 aliphatic carbocycles. The van der Waals surface area contributed by atoms with Crippen molar-refractivity contribution in [3.63, 3.8) is 0 Å². The molecular formula is C14H16N4O. The van der Waals surface area contributed by atoms with Crippen LogP contribution in [0.15, 0.2) is 30.3 Å². The minimum absolute atomic E-state index is 0.100. The maximum Gasteiger partial charge on any atom is 0.322 e. The first-order valence-corrected chi connectivity index (χ1v) is 6.05. The highest BCUT2D eigenvalue weighted by molar-refractivity contribution is 5.93. The lowest BCUT2D eigenvalue weighted by atomic mass is 10.2. The molecule has 0 bridgehead atoms. The lowest BCUT2D eigenvalue weighted by molar-refractivity contribution is 0.439. The maximum atomic E-state index is 7.39. The van der Waals surface area contributed by atoms with Crippen LogP contribution < -0.4 is 10.5 Å². The van der Waals surface area contributed by atoms with Crippen LogP contribution >= 0.6 is 0 Å². The van der Waals surface area contributed by atoms with Gasteiger partial charge in [0.1, 0.15) is 17.3 Å². The molecule has 5 nitrogen and oxygen atoms in total. The third-order valence-corrected chi connectivity index (χ3v) is 2.65. The number of rotatable bonds is 4. The zero-order valence-corrected chi connectivity index (χ0v) is 11.0. The van der Waals surface area contributed by atoms with Gasteiger partial charge in [-0.2, -0.15) is 4.98 Å². The van der Waals surface area contributed by atoms with E-state index in [0.29, 0.717) is 17.1 Å². The van der Waals surface area contributed by atoms with Crippen molar-refractivity contribution in [2.24, 2.45) is 5.73 Å². The van der Waals surface area contributed by atoms with Crippen LogP contribution in [0.25, 0.3) is 0 Å². The van der Waals surface area contributed by atoms with Gasteiger partial charge in [-0.15, -0.1) is 0 Å². The van der Waals surface area contributed by atoms with Gasteiger partial charge in [-0.3, -0.25) is 5.41 Å². The molecule has 0 saturated heterocycles. The van der Waals surface area contributed by atoms with E-state index in [9.17, 15) is 0 Å². The van der Waals surface area contributed by atoms with E-state index in [1.807, 2.05) is 24.3 Å². The van der Waals surface area contributed by atoms with Gasteiger partial charge in [-0.05, 0) is 37.1 Å². The van der Waals surface area contributed by atoms with E-state index < -0.39 is 0 Å². The Labute approximate surface area is 112 Å². The summed E-state index contributed by atoms with van der Waals surface area (Å²) in [6.45, 7) is 3.90. The molecule has 0 saturated carbocycles. The van der Waals surface area contributed by atoms with Crippen LogP contribution in [0.2, 0.25) is 0 Å². The summed E-state index contributed by atoms with van der Waals surface area (Å²) in [6.07, 6.45) is 0.982. The van der Waals surface area contributed by atoms with Gasteiger partial charge in [0.2, 0.25) is 0 Å². The normalized spacial score (nSPS) is 10.2. The predicted octanol–water partition coefficient (Wildman–Crippen LogP) is 2.42. The largest absolute Gasteiger partial charge is 0.424 e. The number of nitrogens with one attached hydrogen (secondary N) is 1. The molecule has 5 heteroatoms. The molecule has 1 aromatic heterocycles. The second-order valence-corrected chi connectivity index (χ2v) is 4.19. The number of ether oxygens (including phenoxy) is 1. The summed E-state index contributed by atoms with van der Waals surface area (Å²) < 4.78 is 5.58. The average Bonchev–Trinajstić information content (AvgIpc) is 2.39. The molecule has 0 fully saturated rings. The monoisotopic (exact) mass is 256 g/mol. The van der Waals surface area contributed by atoms with Gasteiger partial charge in [0.15, 0.2) is 0 Å². The van der Waals surface area contributed by atoms with Crippen molar-refractivity contribution in [1.29, 1.82) is 5.41 Å².